The van der Waals surface area contributed by atoms with E-state index in [9.17, 15) is 9.59 Å². The number of carboxylic acids is 1. The van der Waals surface area contributed by atoms with Crippen LogP contribution in [0.3, 0.4) is 0 Å². The lowest BCUT2D eigenvalue weighted by atomic mass is 9.97. The van der Waals surface area contributed by atoms with Gasteiger partial charge in [-0.3, -0.25) is 4.79 Å². The van der Waals surface area contributed by atoms with Crippen molar-refractivity contribution < 1.29 is 14.7 Å². The molecule has 106 valence electrons. The van der Waals surface area contributed by atoms with Gasteiger partial charge in [0.2, 0.25) is 0 Å². The Kier molecular flexibility index (Phi) is 8.11. The largest absolute Gasteiger partial charge is 0.481 e. The number of aliphatic carboxylic acids is 1. The van der Waals surface area contributed by atoms with Gasteiger partial charge in [0, 0.05) is 19.6 Å². The molecule has 2 amide bonds. The number of likely N-dealkylation sites (N-methyl/N-ethyl adjacent to an activating group) is 1. The summed E-state index contributed by atoms with van der Waals surface area (Å²) >= 11 is 0. The number of hydrogen-bond acceptors (Lipinski definition) is 3. The summed E-state index contributed by atoms with van der Waals surface area (Å²) < 4.78 is 0. The van der Waals surface area contributed by atoms with Gasteiger partial charge in [-0.15, -0.1) is 0 Å². The van der Waals surface area contributed by atoms with E-state index in [0.29, 0.717) is 18.9 Å². The van der Waals surface area contributed by atoms with Crippen molar-refractivity contribution in [2.45, 2.75) is 20.3 Å². The minimum atomic E-state index is -0.864. The second kappa shape index (κ2) is 8.74. The van der Waals surface area contributed by atoms with Gasteiger partial charge in [0.25, 0.3) is 0 Å². The number of carboxylic acid groups (broad SMARTS) is 1. The highest BCUT2D eigenvalue weighted by atomic mass is 16.4. The van der Waals surface area contributed by atoms with Gasteiger partial charge >= 0.3 is 12.0 Å². The summed E-state index contributed by atoms with van der Waals surface area (Å²) in [5.41, 5.74) is 0. The average molecular weight is 259 g/mol. The first kappa shape index (κ1) is 16.7. The highest BCUT2D eigenvalue weighted by molar-refractivity contribution is 5.75. The lowest BCUT2D eigenvalue weighted by molar-refractivity contribution is -0.142. The molecule has 0 fully saturated rings. The van der Waals surface area contributed by atoms with Crippen molar-refractivity contribution in [1.29, 1.82) is 0 Å². The topological polar surface area (TPSA) is 81.7 Å². The van der Waals surface area contributed by atoms with Gasteiger partial charge in [-0.25, -0.2) is 4.79 Å². The van der Waals surface area contributed by atoms with Gasteiger partial charge in [0.05, 0.1) is 5.92 Å². The molecule has 0 rings (SSSR count). The lowest BCUT2D eigenvalue weighted by Crippen LogP contribution is -2.42. The third-order valence-electron chi connectivity index (χ3n) is 2.46. The maximum atomic E-state index is 11.4. The van der Waals surface area contributed by atoms with Gasteiger partial charge in [0.15, 0.2) is 0 Å². The number of rotatable bonds is 8. The molecule has 0 saturated carbocycles. The fraction of sp³-hybridized carbons (Fsp3) is 0.833. The highest BCUT2D eigenvalue weighted by Crippen LogP contribution is 2.10. The normalized spacial score (nSPS) is 12.6. The maximum absolute atomic E-state index is 11.4. The van der Waals surface area contributed by atoms with E-state index in [0.717, 1.165) is 6.54 Å². The van der Waals surface area contributed by atoms with Gasteiger partial charge in [0.1, 0.15) is 0 Å². The van der Waals surface area contributed by atoms with Crippen molar-refractivity contribution in [1.82, 2.24) is 15.5 Å². The lowest BCUT2D eigenvalue weighted by Gasteiger charge is -2.16. The summed E-state index contributed by atoms with van der Waals surface area (Å²) in [6.45, 7) is 5.39. The smallest absolute Gasteiger partial charge is 0.314 e. The highest BCUT2D eigenvalue weighted by Gasteiger charge is 2.19. The molecule has 18 heavy (non-hydrogen) atoms. The molecule has 0 saturated heterocycles. The Morgan fingerprint density at radius 1 is 1.22 bits per heavy atom. The second-order valence-corrected chi connectivity index (χ2v) is 5.10. The number of hydrogen-bond donors (Lipinski definition) is 3. The third kappa shape index (κ3) is 8.81. The molecule has 0 aliphatic heterocycles. The zero-order valence-corrected chi connectivity index (χ0v) is 11.7. The molecule has 3 N–H and O–H groups in total. The Morgan fingerprint density at radius 3 is 2.28 bits per heavy atom. The quantitative estimate of drug-likeness (QED) is 0.596. The Bertz CT molecular complexity index is 267. The first-order chi connectivity index (χ1) is 8.32. The molecule has 0 aliphatic rings. The van der Waals surface area contributed by atoms with Crippen LogP contribution >= 0.6 is 0 Å². The molecule has 0 bridgehead atoms. The van der Waals surface area contributed by atoms with E-state index < -0.39 is 11.9 Å². The molecule has 6 heteroatoms. The average Bonchev–Trinajstić information content (AvgIpc) is 2.22. The van der Waals surface area contributed by atoms with Crippen molar-refractivity contribution in [3.05, 3.63) is 0 Å². The monoisotopic (exact) mass is 259 g/mol. The van der Waals surface area contributed by atoms with E-state index in [1.807, 2.05) is 32.8 Å². The van der Waals surface area contributed by atoms with Crippen LogP contribution < -0.4 is 10.6 Å². The summed E-state index contributed by atoms with van der Waals surface area (Å²) in [5.74, 6) is -1.09. The van der Waals surface area contributed by atoms with Crippen molar-refractivity contribution >= 4 is 12.0 Å². The van der Waals surface area contributed by atoms with Gasteiger partial charge in [-0.05, 0) is 26.4 Å². The van der Waals surface area contributed by atoms with Crippen LogP contribution in [0.5, 0.6) is 0 Å². The molecule has 0 aromatic rings. The van der Waals surface area contributed by atoms with E-state index in [4.69, 9.17) is 5.11 Å². The summed E-state index contributed by atoms with van der Waals surface area (Å²) in [4.78, 5) is 24.3. The minimum Gasteiger partial charge on any atom is -0.481 e. The maximum Gasteiger partial charge on any atom is 0.314 e. The van der Waals surface area contributed by atoms with E-state index in [1.54, 1.807) is 0 Å². The number of nitrogens with one attached hydrogen (secondary N) is 2. The van der Waals surface area contributed by atoms with Crippen molar-refractivity contribution in [3.8, 4) is 0 Å². The van der Waals surface area contributed by atoms with Gasteiger partial charge in [-0.2, -0.15) is 0 Å². The van der Waals surface area contributed by atoms with E-state index in [2.05, 4.69) is 10.6 Å². The third-order valence-corrected chi connectivity index (χ3v) is 2.46. The van der Waals surface area contributed by atoms with Crippen molar-refractivity contribution in [2.24, 2.45) is 11.8 Å². The first-order valence-corrected chi connectivity index (χ1v) is 6.22. The number of carbonyl (C=O) groups is 2. The number of amides is 2. The van der Waals surface area contributed by atoms with Crippen LogP contribution in [-0.4, -0.2) is 55.7 Å². The van der Waals surface area contributed by atoms with Crippen LogP contribution in [0, 0.1) is 11.8 Å². The van der Waals surface area contributed by atoms with E-state index >= 15 is 0 Å². The Balaban J connectivity index is 3.89. The van der Waals surface area contributed by atoms with Crippen LogP contribution in [-0.2, 0) is 4.79 Å². The van der Waals surface area contributed by atoms with Crippen LogP contribution in [0.25, 0.3) is 0 Å². The number of carbonyl (C=O) groups excluding carboxylic acids is 1. The molecule has 0 radical (unpaired) electrons. The summed E-state index contributed by atoms with van der Waals surface area (Å²) in [7, 11) is 3.84. The van der Waals surface area contributed by atoms with Crippen LogP contribution in [0.1, 0.15) is 20.3 Å². The second-order valence-electron chi connectivity index (χ2n) is 5.10. The molecule has 0 spiro atoms. The predicted molar refractivity (Wildman–Crippen MR) is 70.5 cm³/mol. The molecule has 1 unspecified atom stereocenters. The fourth-order valence-corrected chi connectivity index (χ4v) is 1.51. The molecule has 0 aromatic heterocycles. The molecular formula is C12H25N3O3. The number of nitrogens with zero attached hydrogens (tertiary/aromatic N) is 1. The SMILES string of the molecule is CC(C)CC(CNC(=O)NCCN(C)C)C(=O)O. The summed E-state index contributed by atoms with van der Waals surface area (Å²) in [6.07, 6.45) is 0.563. The Hall–Kier alpha value is -1.30. The zero-order chi connectivity index (χ0) is 14.1. The minimum absolute atomic E-state index is 0.168. The van der Waals surface area contributed by atoms with Gasteiger partial charge in [-0.1, -0.05) is 13.8 Å². The van der Waals surface area contributed by atoms with Crippen molar-refractivity contribution in [2.75, 3.05) is 33.7 Å². The fourth-order valence-electron chi connectivity index (χ4n) is 1.51. The van der Waals surface area contributed by atoms with Crippen LogP contribution in [0.15, 0.2) is 0 Å². The molecule has 0 aliphatic carbocycles. The number of urea groups is 1. The standard InChI is InChI=1S/C12H25N3O3/c1-9(2)7-10(11(16)17)8-14-12(18)13-5-6-15(3)4/h9-10H,5-8H2,1-4H3,(H,16,17)(H2,13,14,18). The Morgan fingerprint density at radius 2 is 1.83 bits per heavy atom. The Labute approximate surface area is 109 Å². The first-order valence-electron chi connectivity index (χ1n) is 6.22. The summed E-state index contributed by atoms with van der Waals surface area (Å²) in [6, 6.07) is -0.313. The van der Waals surface area contributed by atoms with E-state index in [1.165, 1.54) is 0 Å². The van der Waals surface area contributed by atoms with Crippen LogP contribution in [0.4, 0.5) is 4.79 Å². The van der Waals surface area contributed by atoms with Gasteiger partial charge < -0.3 is 20.6 Å². The molecule has 0 heterocycles. The summed E-state index contributed by atoms with van der Waals surface area (Å²) in [5, 5.41) is 14.3. The van der Waals surface area contributed by atoms with E-state index in [-0.39, 0.29) is 12.6 Å². The molecular weight excluding hydrogens is 234 g/mol. The zero-order valence-electron chi connectivity index (χ0n) is 11.7. The molecule has 6 nitrogen and oxygen atoms in total. The molecule has 1 atom stereocenters. The van der Waals surface area contributed by atoms with Crippen LogP contribution in [0.2, 0.25) is 0 Å². The van der Waals surface area contributed by atoms with Crippen molar-refractivity contribution in [3.63, 3.8) is 0 Å². The predicted octanol–water partition coefficient (Wildman–Crippen LogP) is 0.594. The molecule has 0 aromatic carbocycles.